The molecule has 0 saturated carbocycles. The molecular formula is CHNdO4. The maximum absolute atomic E-state index is 8.44. The molecule has 5 heteroatoms. The van der Waals surface area contributed by atoms with Gasteiger partial charge in [-0.3, -0.25) is 0 Å². The Bertz CT molecular complexity index is 30.5. The van der Waals surface area contributed by atoms with Crippen molar-refractivity contribution in [1.82, 2.24) is 0 Å². The van der Waals surface area contributed by atoms with Gasteiger partial charge in [-0.2, -0.15) is 0 Å². The van der Waals surface area contributed by atoms with Crippen LogP contribution in [0, 0.1) is 40.8 Å². The molecular weight excluding hydrogens is 220 g/mol. The van der Waals surface area contributed by atoms with Gasteiger partial charge in [-0.1, -0.05) is 0 Å². The summed E-state index contributed by atoms with van der Waals surface area (Å²) in [6.45, 7) is 0. The molecule has 0 fully saturated rings. The van der Waals surface area contributed by atoms with E-state index in [1.807, 2.05) is 0 Å². The smallest absolute Gasteiger partial charge is 2.00 e. The Balaban J connectivity index is -0.0000000450. The van der Waals surface area contributed by atoms with Crippen molar-refractivity contribution < 1.29 is 61.3 Å². The first kappa shape index (κ1) is 16.0. The molecule has 0 atom stereocenters. The summed E-state index contributed by atoms with van der Waals surface area (Å²) in [5.41, 5.74) is 0. The SMILES string of the molecule is O=C([O-])O.[Nd+3].[O-2]. The van der Waals surface area contributed by atoms with Crippen LogP contribution in [0.4, 0.5) is 4.79 Å². The molecule has 0 aliphatic heterocycles. The summed E-state index contributed by atoms with van der Waals surface area (Å²) in [6.07, 6.45) is -2.08. The van der Waals surface area contributed by atoms with E-state index in [1.54, 1.807) is 0 Å². The van der Waals surface area contributed by atoms with Gasteiger partial charge in [-0.05, 0) is 0 Å². The monoisotopic (exact) mass is 219 g/mol. The maximum atomic E-state index is 8.44. The number of carboxylic acid groups (broad SMARTS) is 2. The summed E-state index contributed by atoms with van der Waals surface area (Å²) in [6, 6.07) is 0. The molecule has 0 aromatic heterocycles. The van der Waals surface area contributed by atoms with Crippen molar-refractivity contribution in [2.24, 2.45) is 0 Å². The van der Waals surface area contributed by atoms with E-state index >= 15 is 0 Å². The molecule has 0 unspecified atom stereocenters. The van der Waals surface area contributed by atoms with Gasteiger partial charge in [-0.15, -0.1) is 0 Å². The summed E-state index contributed by atoms with van der Waals surface area (Å²) in [4.78, 5) is 8.44. The molecule has 0 aliphatic rings. The number of hydrogen-bond acceptors (Lipinski definition) is 2. The van der Waals surface area contributed by atoms with Gasteiger partial charge in [-0.25, -0.2) is 0 Å². The first-order valence-corrected chi connectivity index (χ1v) is 0.632. The van der Waals surface area contributed by atoms with Crippen molar-refractivity contribution in [1.29, 1.82) is 0 Å². The Morgan fingerprint density at radius 1 is 1.67 bits per heavy atom. The second-order valence-corrected chi connectivity index (χ2v) is 0.266. The van der Waals surface area contributed by atoms with Crippen LogP contribution in [0.1, 0.15) is 0 Å². The van der Waals surface area contributed by atoms with E-state index in [9.17, 15) is 0 Å². The fourth-order valence-corrected chi connectivity index (χ4v) is 0. The van der Waals surface area contributed by atoms with Crippen LogP contribution in [0.5, 0.6) is 0 Å². The van der Waals surface area contributed by atoms with Crippen LogP contribution in [0.15, 0.2) is 0 Å². The zero-order chi connectivity index (χ0) is 3.58. The van der Waals surface area contributed by atoms with E-state index in [0.717, 1.165) is 0 Å². The van der Waals surface area contributed by atoms with E-state index in [1.165, 1.54) is 0 Å². The molecule has 6 heavy (non-hydrogen) atoms. The quantitative estimate of drug-likeness (QED) is 0.555. The zero-order valence-electron chi connectivity index (χ0n) is 2.67. The summed E-state index contributed by atoms with van der Waals surface area (Å²) in [5, 5.41) is 15.3. The molecule has 0 spiro atoms. The molecule has 0 saturated heterocycles. The van der Waals surface area contributed by atoms with Crippen molar-refractivity contribution in [3.05, 3.63) is 0 Å². The molecule has 0 aromatic rings. The van der Waals surface area contributed by atoms with Crippen LogP contribution in [0.3, 0.4) is 0 Å². The minimum atomic E-state index is -2.08. The van der Waals surface area contributed by atoms with Crippen LogP contribution in [0.2, 0.25) is 0 Å². The molecule has 1 N–H and O–H groups in total. The van der Waals surface area contributed by atoms with Crippen molar-refractivity contribution in [3.63, 3.8) is 0 Å². The van der Waals surface area contributed by atoms with Crippen LogP contribution < -0.4 is 5.11 Å². The second kappa shape index (κ2) is 9.13. The Hall–Kier alpha value is 0.581. The van der Waals surface area contributed by atoms with Gasteiger partial charge in [0, 0.05) is 0 Å². The largest absolute Gasteiger partial charge is 3.00 e. The van der Waals surface area contributed by atoms with Gasteiger partial charge in [0.05, 0.1) is 0 Å². The summed E-state index contributed by atoms with van der Waals surface area (Å²) >= 11 is 0. The minimum absolute atomic E-state index is 0. The Labute approximate surface area is 67.0 Å². The minimum Gasteiger partial charge on any atom is -2.00 e. The third-order valence-corrected chi connectivity index (χ3v) is 0. The summed E-state index contributed by atoms with van der Waals surface area (Å²) < 4.78 is 0. The third-order valence-electron chi connectivity index (χ3n) is 0. The molecule has 33 valence electrons. The van der Waals surface area contributed by atoms with Gasteiger partial charge in [0.1, 0.15) is 0 Å². The van der Waals surface area contributed by atoms with E-state index in [-0.39, 0.29) is 46.3 Å². The third kappa shape index (κ3) is 174. The molecule has 0 heterocycles. The molecule has 0 aromatic carbocycles. The van der Waals surface area contributed by atoms with Crippen LogP contribution in [-0.2, 0) is 5.48 Å². The second-order valence-electron chi connectivity index (χ2n) is 0.266. The normalized spacial score (nSPS) is 4.00. The Kier molecular flexibility index (Phi) is 24.3. The molecule has 0 amide bonds. The van der Waals surface area contributed by atoms with E-state index in [2.05, 4.69) is 0 Å². The maximum Gasteiger partial charge on any atom is 3.00 e. The zero-order valence-corrected chi connectivity index (χ0v) is 5.88. The molecule has 0 aliphatic carbocycles. The standard InChI is InChI=1S/CH2O3.Nd.O/c2-1(3)4;;/h(H2,2,3,4);;/q;+3;-2/p-1. The van der Waals surface area contributed by atoms with E-state index in [4.69, 9.17) is 15.0 Å². The van der Waals surface area contributed by atoms with Gasteiger partial charge in [0.15, 0.2) is 0 Å². The molecule has 4 nitrogen and oxygen atoms in total. The fraction of sp³-hybridized carbons (Fsp3) is 0. The van der Waals surface area contributed by atoms with E-state index in [0.29, 0.717) is 0 Å². The number of rotatable bonds is 0. The van der Waals surface area contributed by atoms with Gasteiger partial charge in [0.2, 0.25) is 6.16 Å². The average Bonchev–Trinajstić information content (AvgIpc) is 0.811. The van der Waals surface area contributed by atoms with Crippen LogP contribution in [0.25, 0.3) is 0 Å². The van der Waals surface area contributed by atoms with Crippen LogP contribution in [-0.4, -0.2) is 11.3 Å². The average molecular weight is 221 g/mol. The number of carbonyl (C=O) groups is 1. The summed E-state index contributed by atoms with van der Waals surface area (Å²) in [7, 11) is 0. The molecule has 1 radical (unpaired) electrons. The molecule has 0 bridgehead atoms. The van der Waals surface area contributed by atoms with Crippen molar-refractivity contribution >= 4 is 6.16 Å². The first-order valence-electron chi connectivity index (χ1n) is 0.632. The Morgan fingerprint density at radius 3 is 1.67 bits per heavy atom. The summed E-state index contributed by atoms with van der Waals surface area (Å²) in [5.74, 6) is 0. The predicted molar refractivity (Wildman–Crippen MR) is 8.71 cm³/mol. The first-order chi connectivity index (χ1) is 1.73. The predicted octanol–water partition coefficient (Wildman–Crippen LogP) is -1.23. The van der Waals surface area contributed by atoms with Crippen molar-refractivity contribution in [2.45, 2.75) is 0 Å². The van der Waals surface area contributed by atoms with Gasteiger partial charge >= 0.3 is 40.8 Å². The van der Waals surface area contributed by atoms with Crippen molar-refractivity contribution in [3.8, 4) is 0 Å². The number of hydrogen-bond donors (Lipinski definition) is 1. The van der Waals surface area contributed by atoms with Crippen molar-refractivity contribution in [2.75, 3.05) is 0 Å². The Morgan fingerprint density at radius 2 is 1.67 bits per heavy atom. The van der Waals surface area contributed by atoms with Gasteiger partial charge < -0.3 is 20.5 Å². The van der Waals surface area contributed by atoms with Gasteiger partial charge in [0.25, 0.3) is 0 Å². The fourth-order valence-electron chi connectivity index (χ4n) is 0. The molecule has 0 rings (SSSR count). The van der Waals surface area contributed by atoms with Crippen LogP contribution >= 0.6 is 0 Å². The van der Waals surface area contributed by atoms with E-state index < -0.39 is 6.16 Å². The topological polar surface area (TPSA) is 88.9 Å².